The fourth-order valence-corrected chi connectivity index (χ4v) is 2.95. The number of carbonyl (C=O) groups excluding carboxylic acids is 1. The summed E-state index contributed by atoms with van der Waals surface area (Å²) in [6, 6.07) is 8.08. The lowest BCUT2D eigenvalue weighted by Crippen LogP contribution is -2.42. The summed E-state index contributed by atoms with van der Waals surface area (Å²) in [7, 11) is 0. The second-order valence-electron chi connectivity index (χ2n) is 5.48. The van der Waals surface area contributed by atoms with E-state index in [0.717, 1.165) is 21.5 Å². The Balaban J connectivity index is 2.00. The molecule has 2 rings (SSSR count). The lowest BCUT2D eigenvalue weighted by Gasteiger charge is -2.33. The van der Waals surface area contributed by atoms with E-state index in [1.54, 1.807) is 0 Å². The maximum Gasteiger partial charge on any atom is 0.251 e. The molecular weight excluding hydrogens is 337 g/mol. The van der Waals surface area contributed by atoms with E-state index in [2.05, 4.69) is 41.8 Å². The van der Waals surface area contributed by atoms with Crippen molar-refractivity contribution in [1.82, 2.24) is 5.32 Å². The summed E-state index contributed by atoms with van der Waals surface area (Å²) in [5.41, 5.74) is 0.765. The van der Waals surface area contributed by atoms with Crippen LogP contribution in [0.3, 0.4) is 0 Å². The summed E-state index contributed by atoms with van der Waals surface area (Å²) >= 11 is 2.25. The predicted octanol–water partition coefficient (Wildman–Crippen LogP) is 3.85. The third kappa shape index (κ3) is 3.46. The van der Waals surface area contributed by atoms with Crippen molar-refractivity contribution in [3.63, 3.8) is 0 Å². The SMILES string of the molecule is C[C@H]1CC[C@@H](C)[C@H](NC(=O)c2ccc(I)cc2)C1. The summed E-state index contributed by atoms with van der Waals surface area (Å²) in [5, 5.41) is 3.19. The Morgan fingerprint density at radius 3 is 2.56 bits per heavy atom. The summed E-state index contributed by atoms with van der Waals surface area (Å²) in [6.07, 6.45) is 3.62. The van der Waals surface area contributed by atoms with Crippen LogP contribution in [0.1, 0.15) is 43.5 Å². The van der Waals surface area contributed by atoms with Crippen LogP contribution in [0.2, 0.25) is 0 Å². The zero-order valence-electron chi connectivity index (χ0n) is 10.9. The van der Waals surface area contributed by atoms with Crippen molar-refractivity contribution in [3.8, 4) is 0 Å². The Hall–Kier alpha value is -0.580. The van der Waals surface area contributed by atoms with Gasteiger partial charge in [-0.05, 0) is 71.5 Å². The molecule has 1 fully saturated rings. The minimum absolute atomic E-state index is 0.0670. The molecule has 1 aliphatic carbocycles. The van der Waals surface area contributed by atoms with Crippen molar-refractivity contribution in [2.45, 2.75) is 39.2 Å². The number of benzene rings is 1. The van der Waals surface area contributed by atoms with E-state index in [-0.39, 0.29) is 5.91 Å². The summed E-state index contributed by atoms with van der Waals surface area (Å²) in [6.45, 7) is 4.51. The zero-order chi connectivity index (χ0) is 13.1. The predicted molar refractivity (Wildman–Crippen MR) is 82.6 cm³/mol. The molecule has 0 radical (unpaired) electrons. The van der Waals surface area contributed by atoms with Crippen LogP contribution in [0.5, 0.6) is 0 Å². The Morgan fingerprint density at radius 2 is 1.89 bits per heavy atom. The molecule has 0 unspecified atom stereocenters. The molecule has 1 N–H and O–H groups in total. The van der Waals surface area contributed by atoms with Crippen molar-refractivity contribution in [2.75, 3.05) is 0 Å². The Labute approximate surface area is 123 Å². The van der Waals surface area contributed by atoms with Crippen LogP contribution in [0.4, 0.5) is 0 Å². The molecule has 3 heteroatoms. The van der Waals surface area contributed by atoms with Gasteiger partial charge in [-0.15, -0.1) is 0 Å². The van der Waals surface area contributed by atoms with Crippen LogP contribution in [0.15, 0.2) is 24.3 Å². The maximum absolute atomic E-state index is 12.2. The first kappa shape index (κ1) is 13.8. The van der Waals surface area contributed by atoms with Gasteiger partial charge in [-0.25, -0.2) is 0 Å². The molecule has 1 saturated carbocycles. The Kier molecular flexibility index (Phi) is 4.65. The molecule has 1 aromatic rings. The molecule has 0 spiro atoms. The number of halogens is 1. The molecule has 0 aromatic heterocycles. The molecule has 1 amide bonds. The van der Waals surface area contributed by atoms with Gasteiger partial charge >= 0.3 is 0 Å². The van der Waals surface area contributed by atoms with E-state index in [4.69, 9.17) is 0 Å². The molecule has 18 heavy (non-hydrogen) atoms. The van der Waals surface area contributed by atoms with Gasteiger partial charge in [0.1, 0.15) is 0 Å². The van der Waals surface area contributed by atoms with E-state index in [0.29, 0.717) is 12.0 Å². The van der Waals surface area contributed by atoms with Crippen molar-refractivity contribution in [2.24, 2.45) is 11.8 Å². The van der Waals surface area contributed by atoms with Gasteiger partial charge in [0.25, 0.3) is 5.91 Å². The number of amides is 1. The highest BCUT2D eigenvalue weighted by Gasteiger charge is 2.26. The van der Waals surface area contributed by atoms with E-state index in [1.165, 1.54) is 12.8 Å². The average molecular weight is 357 g/mol. The third-order valence-corrected chi connectivity index (χ3v) is 4.60. The van der Waals surface area contributed by atoms with Crippen LogP contribution in [0, 0.1) is 15.4 Å². The summed E-state index contributed by atoms with van der Waals surface area (Å²) < 4.78 is 1.16. The van der Waals surface area contributed by atoms with Gasteiger partial charge in [0.15, 0.2) is 0 Å². The zero-order valence-corrected chi connectivity index (χ0v) is 13.1. The highest BCUT2D eigenvalue weighted by Crippen LogP contribution is 2.28. The number of hydrogen-bond donors (Lipinski definition) is 1. The Morgan fingerprint density at radius 1 is 1.22 bits per heavy atom. The minimum atomic E-state index is 0.0670. The van der Waals surface area contributed by atoms with Gasteiger partial charge in [0.2, 0.25) is 0 Å². The number of rotatable bonds is 2. The Bertz CT molecular complexity index is 415. The quantitative estimate of drug-likeness (QED) is 0.801. The largest absolute Gasteiger partial charge is 0.349 e. The van der Waals surface area contributed by atoms with Crippen LogP contribution < -0.4 is 5.32 Å². The highest BCUT2D eigenvalue weighted by molar-refractivity contribution is 14.1. The topological polar surface area (TPSA) is 29.1 Å². The van der Waals surface area contributed by atoms with Crippen molar-refractivity contribution < 1.29 is 4.79 Å². The number of nitrogens with one attached hydrogen (secondary N) is 1. The molecule has 0 aliphatic heterocycles. The fourth-order valence-electron chi connectivity index (χ4n) is 2.59. The second kappa shape index (κ2) is 6.04. The lowest BCUT2D eigenvalue weighted by atomic mass is 9.80. The van der Waals surface area contributed by atoms with Crippen LogP contribution >= 0.6 is 22.6 Å². The standard InChI is InChI=1S/C15H20INO/c1-10-3-4-11(2)14(9-10)17-15(18)12-5-7-13(16)8-6-12/h5-8,10-11,14H,3-4,9H2,1-2H3,(H,17,18)/t10-,11+,14+/m0/s1. The molecule has 1 aliphatic rings. The first-order chi connectivity index (χ1) is 8.56. The molecule has 0 heterocycles. The molecular formula is C15H20INO. The molecule has 0 bridgehead atoms. The van der Waals surface area contributed by atoms with Crippen LogP contribution in [-0.2, 0) is 0 Å². The normalized spacial score (nSPS) is 27.8. The molecule has 2 nitrogen and oxygen atoms in total. The molecule has 0 saturated heterocycles. The van der Waals surface area contributed by atoms with Crippen molar-refractivity contribution in [3.05, 3.63) is 33.4 Å². The summed E-state index contributed by atoms with van der Waals surface area (Å²) in [4.78, 5) is 12.2. The van der Waals surface area contributed by atoms with E-state index in [1.807, 2.05) is 24.3 Å². The lowest BCUT2D eigenvalue weighted by molar-refractivity contribution is 0.0898. The van der Waals surface area contributed by atoms with Crippen molar-refractivity contribution in [1.29, 1.82) is 0 Å². The van der Waals surface area contributed by atoms with E-state index >= 15 is 0 Å². The smallest absolute Gasteiger partial charge is 0.251 e. The van der Waals surface area contributed by atoms with Gasteiger partial charge < -0.3 is 5.32 Å². The third-order valence-electron chi connectivity index (χ3n) is 3.88. The summed E-state index contributed by atoms with van der Waals surface area (Å²) in [5.74, 6) is 1.38. The first-order valence-corrected chi connectivity index (χ1v) is 7.70. The average Bonchev–Trinajstić information content (AvgIpc) is 2.34. The van der Waals surface area contributed by atoms with Crippen LogP contribution in [0.25, 0.3) is 0 Å². The monoisotopic (exact) mass is 357 g/mol. The van der Waals surface area contributed by atoms with Gasteiger partial charge in [-0.2, -0.15) is 0 Å². The van der Waals surface area contributed by atoms with E-state index < -0.39 is 0 Å². The van der Waals surface area contributed by atoms with Gasteiger partial charge in [-0.1, -0.05) is 20.3 Å². The van der Waals surface area contributed by atoms with Gasteiger partial charge in [-0.3, -0.25) is 4.79 Å². The van der Waals surface area contributed by atoms with Gasteiger partial charge in [0.05, 0.1) is 0 Å². The van der Waals surface area contributed by atoms with Crippen molar-refractivity contribution >= 4 is 28.5 Å². The minimum Gasteiger partial charge on any atom is -0.349 e. The van der Waals surface area contributed by atoms with Gasteiger partial charge in [0, 0.05) is 15.2 Å². The number of hydrogen-bond acceptors (Lipinski definition) is 1. The highest BCUT2D eigenvalue weighted by atomic mass is 127. The molecule has 3 atom stereocenters. The second-order valence-corrected chi connectivity index (χ2v) is 6.73. The molecule has 98 valence electrons. The van der Waals surface area contributed by atoms with Crippen LogP contribution in [-0.4, -0.2) is 11.9 Å². The molecule has 1 aromatic carbocycles. The van der Waals surface area contributed by atoms with E-state index in [9.17, 15) is 4.79 Å². The fraction of sp³-hybridized carbons (Fsp3) is 0.533. The number of carbonyl (C=O) groups is 1. The maximum atomic E-state index is 12.2. The first-order valence-electron chi connectivity index (χ1n) is 6.62.